The molecule has 2 N–H and O–H groups in total. The molecule has 0 aromatic carbocycles. The minimum absolute atomic E-state index is 0.00404. The lowest BCUT2D eigenvalue weighted by atomic mass is 10.2. The van der Waals surface area contributed by atoms with E-state index in [-0.39, 0.29) is 5.91 Å². The number of nitrogens with zero attached hydrogens (tertiary/aromatic N) is 1. The number of amides is 1. The van der Waals surface area contributed by atoms with Gasteiger partial charge in [0.05, 0.1) is 6.54 Å². The largest absolute Gasteiger partial charge is 0.358 e. The molecule has 0 aliphatic rings. The Labute approximate surface area is 94.1 Å². The lowest BCUT2D eigenvalue weighted by molar-refractivity contribution is -0.119. The summed E-state index contributed by atoms with van der Waals surface area (Å²) in [6.45, 7) is 5.29. The number of carbonyl (C=O) groups excluding carboxylic acids is 1. The Bertz CT molecular complexity index is 322. The molecule has 0 bridgehead atoms. The first kappa shape index (κ1) is 12.1. The summed E-state index contributed by atoms with van der Waals surface area (Å²) in [5, 5.41) is 6.63. The second-order valence-corrected chi connectivity index (χ2v) is 4.73. The third-order valence-corrected chi connectivity index (χ3v) is 3.28. The smallest absolute Gasteiger partial charge is 0.233 e. The van der Waals surface area contributed by atoms with E-state index >= 15 is 0 Å². The topological polar surface area (TPSA) is 54.0 Å². The van der Waals surface area contributed by atoms with Gasteiger partial charge in [-0.15, -0.1) is 11.3 Å². The average molecular weight is 227 g/mol. The van der Waals surface area contributed by atoms with Gasteiger partial charge >= 0.3 is 0 Å². The van der Waals surface area contributed by atoms with Gasteiger partial charge in [-0.25, -0.2) is 4.98 Å². The third kappa shape index (κ3) is 3.97. The van der Waals surface area contributed by atoms with Crippen LogP contribution in [-0.4, -0.2) is 24.5 Å². The summed E-state index contributed by atoms with van der Waals surface area (Å²) in [6, 6.07) is 0. The van der Waals surface area contributed by atoms with Crippen molar-refractivity contribution in [3.63, 3.8) is 0 Å². The summed E-state index contributed by atoms with van der Waals surface area (Å²) in [5.74, 6) is 0.519. The van der Waals surface area contributed by atoms with Crippen molar-refractivity contribution in [3.05, 3.63) is 16.1 Å². The van der Waals surface area contributed by atoms with Crippen molar-refractivity contribution in [2.75, 3.05) is 13.6 Å². The summed E-state index contributed by atoms with van der Waals surface area (Å²) in [4.78, 5) is 16.5. The van der Waals surface area contributed by atoms with Crippen LogP contribution >= 0.6 is 11.3 Å². The van der Waals surface area contributed by atoms with Gasteiger partial charge in [-0.1, -0.05) is 13.8 Å². The van der Waals surface area contributed by atoms with Gasteiger partial charge in [-0.3, -0.25) is 4.79 Å². The van der Waals surface area contributed by atoms with Gasteiger partial charge in [0.15, 0.2) is 0 Å². The van der Waals surface area contributed by atoms with Crippen molar-refractivity contribution in [2.45, 2.75) is 26.3 Å². The van der Waals surface area contributed by atoms with Crippen molar-refractivity contribution >= 4 is 17.2 Å². The fraction of sp³-hybridized carbons (Fsp3) is 0.600. The summed E-state index contributed by atoms with van der Waals surface area (Å²) >= 11 is 1.69. The molecule has 0 saturated carbocycles. The molecule has 1 amide bonds. The van der Waals surface area contributed by atoms with E-state index in [9.17, 15) is 4.79 Å². The number of nitrogens with one attached hydrogen (secondary N) is 2. The standard InChI is InChI=1S/C10H17N3OS/c1-7(2)8-4-13-10(15-8)6-12-5-9(14)11-3/h4,7,12H,5-6H2,1-3H3,(H,11,14). The van der Waals surface area contributed by atoms with Gasteiger partial charge in [-0.2, -0.15) is 0 Å². The molecule has 0 aliphatic carbocycles. The summed E-state index contributed by atoms with van der Waals surface area (Å²) in [6.07, 6.45) is 1.91. The predicted molar refractivity (Wildman–Crippen MR) is 62.0 cm³/mol. The first-order valence-corrected chi connectivity index (χ1v) is 5.81. The van der Waals surface area contributed by atoms with Gasteiger partial charge in [0, 0.05) is 24.7 Å². The molecule has 5 heteroatoms. The Morgan fingerprint density at radius 3 is 2.87 bits per heavy atom. The van der Waals surface area contributed by atoms with E-state index in [1.54, 1.807) is 18.4 Å². The molecule has 0 radical (unpaired) electrons. The molecule has 0 saturated heterocycles. The highest BCUT2D eigenvalue weighted by atomic mass is 32.1. The van der Waals surface area contributed by atoms with E-state index in [0.717, 1.165) is 5.01 Å². The maximum Gasteiger partial charge on any atom is 0.233 e. The molecule has 0 atom stereocenters. The molecule has 1 aromatic rings. The van der Waals surface area contributed by atoms with Gasteiger partial charge in [-0.05, 0) is 5.92 Å². The third-order valence-electron chi connectivity index (χ3n) is 1.98. The van der Waals surface area contributed by atoms with Crippen LogP contribution in [0.1, 0.15) is 29.7 Å². The molecule has 15 heavy (non-hydrogen) atoms. The van der Waals surface area contributed by atoms with Crippen molar-refractivity contribution < 1.29 is 4.79 Å². The van der Waals surface area contributed by atoms with Crippen LogP contribution in [0.25, 0.3) is 0 Å². The number of hydrogen-bond donors (Lipinski definition) is 2. The second kappa shape index (κ2) is 5.82. The van der Waals surface area contributed by atoms with E-state index in [0.29, 0.717) is 19.0 Å². The molecule has 4 nitrogen and oxygen atoms in total. The monoisotopic (exact) mass is 227 g/mol. The van der Waals surface area contributed by atoms with Gasteiger partial charge < -0.3 is 10.6 Å². The van der Waals surface area contributed by atoms with Crippen molar-refractivity contribution in [3.8, 4) is 0 Å². The minimum Gasteiger partial charge on any atom is -0.358 e. The molecule has 0 spiro atoms. The van der Waals surface area contributed by atoms with E-state index < -0.39 is 0 Å². The summed E-state index contributed by atoms with van der Waals surface area (Å²) in [5.41, 5.74) is 0. The molecular formula is C10H17N3OS. The maximum absolute atomic E-state index is 10.9. The Balaban J connectivity index is 2.34. The van der Waals surface area contributed by atoms with E-state index in [1.807, 2.05) is 6.20 Å². The van der Waals surface area contributed by atoms with E-state index in [1.165, 1.54) is 4.88 Å². The first-order chi connectivity index (χ1) is 7.13. The number of likely N-dealkylation sites (N-methyl/N-ethyl adjacent to an activating group) is 1. The lowest BCUT2D eigenvalue weighted by Crippen LogP contribution is -2.30. The van der Waals surface area contributed by atoms with Crippen LogP contribution in [0.4, 0.5) is 0 Å². The van der Waals surface area contributed by atoms with Gasteiger partial charge in [0.2, 0.25) is 5.91 Å². The number of carbonyl (C=O) groups is 1. The van der Waals surface area contributed by atoms with Crippen LogP contribution in [-0.2, 0) is 11.3 Å². The number of rotatable bonds is 5. The molecule has 0 unspecified atom stereocenters. The van der Waals surface area contributed by atoms with Crippen LogP contribution < -0.4 is 10.6 Å². The highest BCUT2D eigenvalue weighted by molar-refractivity contribution is 7.11. The molecule has 84 valence electrons. The van der Waals surface area contributed by atoms with Crippen LogP contribution in [0.5, 0.6) is 0 Å². The van der Waals surface area contributed by atoms with Crippen LogP contribution in [0.2, 0.25) is 0 Å². The van der Waals surface area contributed by atoms with Gasteiger partial charge in [0.1, 0.15) is 5.01 Å². The molecule has 1 rings (SSSR count). The Morgan fingerprint density at radius 1 is 1.60 bits per heavy atom. The predicted octanol–water partition coefficient (Wildman–Crippen LogP) is 1.10. The van der Waals surface area contributed by atoms with Crippen molar-refractivity contribution in [2.24, 2.45) is 0 Å². The van der Waals surface area contributed by atoms with Crippen LogP contribution in [0.3, 0.4) is 0 Å². The highest BCUT2D eigenvalue weighted by Gasteiger charge is 2.05. The van der Waals surface area contributed by atoms with Crippen molar-refractivity contribution in [1.82, 2.24) is 15.6 Å². The fourth-order valence-electron chi connectivity index (χ4n) is 1.04. The number of hydrogen-bond acceptors (Lipinski definition) is 4. The second-order valence-electron chi connectivity index (χ2n) is 3.59. The molecule has 0 fully saturated rings. The quantitative estimate of drug-likeness (QED) is 0.792. The minimum atomic E-state index is -0.00404. The maximum atomic E-state index is 10.9. The molecule has 0 aliphatic heterocycles. The summed E-state index contributed by atoms with van der Waals surface area (Å²) in [7, 11) is 1.63. The van der Waals surface area contributed by atoms with Crippen LogP contribution in [0.15, 0.2) is 6.20 Å². The SMILES string of the molecule is CNC(=O)CNCc1ncc(C(C)C)s1. The Kier molecular flexibility index (Phi) is 4.71. The molecule has 1 heterocycles. The van der Waals surface area contributed by atoms with Crippen LogP contribution in [0, 0.1) is 0 Å². The zero-order chi connectivity index (χ0) is 11.3. The zero-order valence-corrected chi connectivity index (χ0v) is 10.1. The molecule has 1 aromatic heterocycles. The average Bonchev–Trinajstić information content (AvgIpc) is 2.66. The fourth-order valence-corrected chi connectivity index (χ4v) is 1.94. The first-order valence-electron chi connectivity index (χ1n) is 4.99. The van der Waals surface area contributed by atoms with E-state index in [4.69, 9.17) is 0 Å². The van der Waals surface area contributed by atoms with E-state index in [2.05, 4.69) is 29.5 Å². The Hall–Kier alpha value is -0.940. The zero-order valence-electron chi connectivity index (χ0n) is 9.33. The van der Waals surface area contributed by atoms with Crippen molar-refractivity contribution in [1.29, 1.82) is 0 Å². The highest BCUT2D eigenvalue weighted by Crippen LogP contribution is 2.21. The van der Waals surface area contributed by atoms with Gasteiger partial charge in [0.25, 0.3) is 0 Å². The number of aromatic nitrogens is 1. The molecular weight excluding hydrogens is 210 g/mol. The number of thiazole rings is 1. The normalized spacial score (nSPS) is 10.7. The summed E-state index contributed by atoms with van der Waals surface area (Å²) < 4.78 is 0. The Morgan fingerprint density at radius 2 is 2.33 bits per heavy atom. The lowest BCUT2D eigenvalue weighted by Gasteiger charge is -2.00.